The number of carboxylic acid groups (broad SMARTS) is 1. The van der Waals surface area contributed by atoms with Gasteiger partial charge in [0, 0.05) is 5.92 Å². The number of aromatic nitrogens is 1. The second-order valence-corrected chi connectivity index (χ2v) is 3.00. The van der Waals surface area contributed by atoms with Crippen LogP contribution in [-0.4, -0.2) is 16.1 Å². The molecule has 1 aliphatic carbocycles. The minimum atomic E-state index is -1.02. The number of oxazole rings is 1. The van der Waals surface area contributed by atoms with Crippen molar-refractivity contribution in [2.45, 2.75) is 25.2 Å². The van der Waals surface area contributed by atoms with E-state index >= 15 is 0 Å². The molecule has 0 radical (unpaired) electrons. The molecule has 0 atom stereocenters. The van der Waals surface area contributed by atoms with E-state index in [0.717, 1.165) is 12.8 Å². The lowest BCUT2D eigenvalue weighted by atomic mass is 9.85. The summed E-state index contributed by atoms with van der Waals surface area (Å²) >= 11 is 0. The van der Waals surface area contributed by atoms with Crippen LogP contribution in [0.25, 0.3) is 0 Å². The molecule has 1 fully saturated rings. The fraction of sp³-hybridized carbons (Fsp3) is 0.500. The van der Waals surface area contributed by atoms with E-state index in [9.17, 15) is 4.79 Å². The van der Waals surface area contributed by atoms with Crippen molar-refractivity contribution in [1.29, 1.82) is 0 Å². The van der Waals surface area contributed by atoms with Gasteiger partial charge in [-0.1, -0.05) is 6.42 Å². The van der Waals surface area contributed by atoms with Crippen LogP contribution >= 0.6 is 0 Å². The molecule has 2 rings (SSSR count). The Balaban J connectivity index is 2.17. The maximum Gasteiger partial charge on any atom is 0.357 e. The molecule has 1 aliphatic rings. The number of aromatic carboxylic acids is 1. The van der Waals surface area contributed by atoms with Crippen LogP contribution in [0.5, 0.6) is 0 Å². The van der Waals surface area contributed by atoms with Gasteiger partial charge in [0.15, 0.2) is 11.6 Å². The van der Waals surface area contributed by atoms with E-state index in [1.165, 1.54) is 12.7 Å². The van der Waals surface area contributed by atoms with Crippen LogP contribution in [0.1, 0.15) is 41.6 Å². The van der Waals surface area contributed by atoms with E-state index in [0.29, 0.717) is 11.8 Å². The van der Waals surface area contributed by atoms with Crippen LogP contribution in [0.2, 0.25) is 0 Å². The Labute approximate surface area is 69.2 Å². The highest BCUT2D eigenvalue weighted by Gasteiger charge is 2.25. The van der Waals surface area contributed by atoms with Gasteiger partial charge in [0.1, 0.15) is 6.26 Å². The minimum absolute atomic E-state index is 0.0110. The maximum absolute atomic E-state index is 10.4. The molecule has 12 heavy (non-hydrogen) atoms. The number of rotatable bonds is 2. The average Bonchev–Trinajstić information content (AvgIpc) is 2.32. The lowest BCUT2D eigenvalue weighted by molar-refractivity contribution is 0.0690. The van der Waals surface area contributed by atoms with Gasteiger partial charge in [-0.25, -0.2) is 9.78 Å². The normalized spacial score (nSPS) is 17.3. The van der Waals surface area contributed by atoms with Crippen molar-refractivity contribution in [2.24, 2.45) is 0 Å². The maximum atomic E-state index is 10.4. The molecule has 1 N–H and O–H groups in total. The minimum Gasteiger partial charge on any atom is -0.476 e. The number of carboxylic acids is 1. The third-order valence-electron chi connectivity index (χ3n) is 2.20. The lowest BCUT2D eigenvalue weighted by Crippen LogP contribution is -2.09. The molecule has 64 valence electrons. The summed E-state index contributed by atoms with van der Waals surface area (Å²) < 4.78 is 5.04. The van der Waals surface area contributed by atoms with E-state index < -0.39 is 5.97 Å². The smallest absolute Gasteiger partial charge is 0.357 e. The molecule has 0 unspecified atom stereocenters. The summed E-state index contributed by atoms with van der Waals surface area (Å²) in [5, 5.41) is 8.55. The summed E-state index contributed by atoms with van der Waals surface area (Å²) in [6.07, 6.45) is 4.53. The van der Waals surface area contributed by atoms with E-state index in [1.54, 1.807) is 0 Å². The third kappa shape index (κ3) is 1.09. The Morgan fingerprint density at radius 3 is 2.83 bits per heavy atom. The van der Waals surface area contributed by atoms with E-state index in [1.807, 2.05) is 0 Å². The van der Waals surface area contributed by atoms with Gasteiger partial charge in [-0.15, -0.1) is 0 Å². The van der Waals surface area contributed by atoms with Gasteiger partial charge in [-0.05, 0) is 12.8 Å². The van der Waals surface area contributed by atoms with Crippen LogP contribution in [0.4, 0.5) is 0 Å². The Morgan fingerprint density at radius 1 is 1.67 bits per heavy atom. The highest BCUT2D eigenvalue weighted by Crippen LogP contribution is 2.35. The monoisotopic (exact) mass is 167 g/mol. The standard InChI is InChI=1S/C8H9NO3/c10-8(11)6-4-12-7(9-6)5-2-1-3-5/h4-5H,1-3H2,(H,10,11). The Morgan fingerprint density at radius 2 is 2.42 bits per heavy atom. The largest absolute Gasteiger partial charge is 0.476 e. The van der Waals surface area contributed by atoms with Gasteiger partial charge in [0.2, 0.25) is 0 Å². The molecule has 4 nitrogen and oxygen atoms in total. The molecular formula is C8H9NO3. The lowest BCUT2D eigenvalue weighted by Gasteiger charge is -2.21. The van der Waals surface area contributed by atoms with E-state index in [2.05, 4.69) is 4.98 Å². The highest BCUT2D eigenvalue weighted by molar-refractivity contribution is 5.84. The fourth-order valence-electron chi connectivity index (χ4n) is 1.23. The second kappa shape index (κ2) is 2.62. The zero-order valence-corrected chi connectivity index (χ0v) is 6.49. The van der Waals surface area contributed by atoms with Crippen LogP contribution in [-0.2, 0) is 0 Å². The molecule has 1 aromatic rings. The van der Waals surface area contributed by atoms with Crippen molar-refractivity contribution >= 4 is 5.97 Å². The van der Waals surface area contributed by atoms with Gasteiger partial charge in [-0.2, -0.15) is 0 Å². The van der Waals surface area contributed by atoms with E-state index in [-0.39, 0.29) is 5.69 Å². The molecule has 0 bridgehead atoms. The van der Waals surface area contributed by atoms with E-state index in [4.69, 9.17) is 9.52 Å². The number of hydrogen-bond acceptors (Lipinski definition) is 3. The van der Waals surface area contributed by atoms with Crippen molar-refractivity contribution in [3.05, 3.63) is 17.8 Å². The second-order valence-electron chi connectivity index (χ2n) is 3.00. The quantitative estimate of drug-likeness (QED) is 0.727. The first-order valence-electron chi connectivity index (χ1n) is 3.96. The molecular weight excluding hydrogens is 158 g/mol. The Hall–Kier alpha value is -1.32. The molecule has 1 aromatic heterocycles. The van der Waals surface area contributed by atoms with Crippen molar-refractivity contribution in [1.82, 2.24) is 4.98 Å². The SMILES string of the molecule is O=C(O)c1coc(C2CCC2)n1. The Bertz CT molecular complexity index is 301. The summed E-state index contributed by atoms with van der Waals surface area (Å²) in [5.74, 6) is -0.0823. The first kappa shape index (κ1) is 7.34. The summed E-state index contributed by atoms with van der Waals surface area (Å²) in [7, 11) is 0. The van der Waals surface area contributed by atoms with Gasteiger partial charge >= 0.3 is 5.97 Å². The molecule has 0 amide bonds. The van der Waals surface area contributed by atoms with Gasteiger partial charge in [0.05, 0.1) is 0 Å². The summed E-state index contributed by atoms with van der Waals surface area (Å²) in [5.41, 5.74) is 0.0110. The van der Waals surface area contributed by atoms with Gasteiger partial charge < -0.3 is 9.52 Å². The first-order chi connectivity index (χ1) is 5.77. The van der Waals surface area contributed by atoms with Gasteiger partial charge in [0.25, 0.3) is 0 Å². The van der Waals surface area contributed by atoms with Crippen LogP contribution in [0, 0.1) is 0 Å². The molecule has 1 heterocycles. The highest BCUT2D eigenvalue weighted by atomic mass is 16.4. The number of carbonyl (C=O) groups is 1. The van der Waals surface area contributed by atoms with Crippen LogP contribution in [0.15, 0.2) is 10.7 Å². The summed E-state index contributed by atoms with van der Waals surface area (Å²) in [4.78, 5) is 14.3. The van der Waals surface area contributed by atoms with Crippen molar-refractivity contribution < 1.29 is 14.3 Å². The predicted octanol–water partition coefficient (Wildman–Crippen LogP) is 1.64. The van der Waals surface area contributed by atoms with Crippen LogP contribution < -0.4 is 0 Å². The molecule has 4 heteroatoms. The molecule has 0 spiro atoms. The fourth-order valence-corrected chi connectivity index (χ4v) is 1.23. The summed E-state index contributed by atoms with van der Waals surface area (Å²) in [6, 6.07) is 0. The van der Waals surface area contributed by atoms with Crippen LogP contribution in [0.3, 0.4) is 0 Å². The topological polar surface area (TPSA) is 63.3 Å². The molecule has 1 saturated carbocycles. The first-order valence-corrected chi connectivity index (χ1v) is 3.96. The third-order valence-corrected chi connectivity index (χ3v) is 2.20. The Kier molecular flexibility index (Phi) is 1.60. The molecule has 0 aromatic carbocycles. The van der Waals surface area contributed by atoms with Crippen molar-refractivity contribution in [2.75, 3.05) is 0 Å². The average molecular weight is 167 g/mol. The number of hydrogen-bond donors (Lipinski definition) is 1. The van der Waals surface area contributed by atoms with Crippen molar-refractivity contribution in [3.63, 3.8) is 0 Å². The van der Waals surface area contributed by atoms with Crippen molar-refractivity contribution in [3.8, 4) is 0 Å². The zero-order valence-electron chi connectivity index (χ0n) is 6.49. The molecule has 0 saturated heterocycles. The molecule has 0 aliphatic heterocycles. The van der Waals surface area contributed by atoms with Gasteiger partial charge in [-0.3, -0.25) is 0 Å². The summed E-state index contributed by atoms with van der Waals surface area (Å²) in [6.45, 7) is 0. The predicted molar refractivity (Wildman–Crippen MR) is 40.1 cm³/mol. The zero-order chi connectivity index (χ0) is 8.55. The number of nitrogens with zero attached hydrogens (tertiary/aromatic N) is 1.